The molecule has 0 saturated carbocycles. The molecule has 2 aromatic heterocycles. The highest BCUT2D eigenvalue weighted by Crippen LogP contribution is 2.40. The van der Waals surface area contributed by atoms with Gasteiger partial charge in [0.15, 0.2) is 5.82 Å². The zero-order valence-corrected chi connectivity index (χ0v) is 20.3. The molecule has 1 amide bonds. The zero-order chi connectivity index (χ0) is 23.7. The van der Waals surface area contributed by atoms with Crippen molar-refractivity contribution < 1.29 is 13.9 Å². The van der Waals surface area contributed by atoms with E-state index < -0.39 is 0 Å². The second-order valence-corrected chi connectivity index (χ2v) is 10.7. The second-order valence-electron chi connectivity index (χ2n) is 9.29. The number of anilines is 2. The number of carbonyl (C=O) groups excluding carboxylic acids is 1. The highest BCUT2D eigenvalue weighted by molar-refractivity contribution is 7.19. The van der Waals surface area contributed by atoms with Gasteiger partial charge in [0.25, 0.3) is 5.91 Å². The number of rotatable bonds is 5. The van der Waals surface area contributed by atoms with Crippen molar-refractivity contribution in [2.75, 3.05) is 29.9 Å². The van der Waals surface area contributed by atoms with Gasteiger partial charge in [-0.3, -0.25) is 9.78 Å². The SMILES string of the molecule is CC1(P)CCN(c2nccc(-c3ccccc3F)c2NC(=O)c2ccc(C3CCCO3)nc2)C1. The normalized spacial score (nSPS) is 22.2. The first kappa shape index (κ1) is 22.9. The van der Waals surface area contributed by atoms with Crippen molar-refractivity contribution >= 4 is 26.7 Å². The molecule has 2 aliphatic rings. The number of nitrogens with zero attached hydrogens (tertiary/aromatic N) is 3. The molecule has 0 spiro atoms. The summed E-state index contributed by atoms with van der Waals surface area (Å²) in [7, 11) is 2.90. The summed E-state index contributed by atoms with van der Waals surface area (Å²) >= 11 is 0. The summed E-state index contributed by atoms with van der Waals surface area (Å²) in [6, 6.07) is 11.9. The Morgan fingerprint density at radius 2 is 2.06 bits per heavy atom. The van der Waals surface area contributed by atoms with Crippen molar-refractivity contribution in [3.05, 3.63) is 71.9 Å². The molecule has 2 fully saturated rings. The molecule has 8 heteroatoms. The molecule has 3 aromatic rings. The van der Waals surface area contributed by atoms with Crippen LogP contribution in [0.25, 0.3) is 11.1 Å². The van der Waals surface area contributed by atoms with Gasteiger partial charge >= 0.3 is 0 Å². The van der Waals surface area contributed by atoms with E-state index in [9.17, 15) is 9.18 Å². The van der Waals surface area contributed by atoms with Crippen molar-refractivity contribution in [3.63, 3.8) is 0 Å². The number of hydrogen-bond acceptors (Lipinski definition) is 5. The Morgan fingerprint density at radius 3 is 2.74 bits per heavy atom. The van der Waals surface area contributed by atoms with Crippen LogP contribution in [-0.4, -0.2) is 40.7 Å². The van der Waals surface area contributed by atoms with E-state index in [2.05, 4.69) is 36.3 Å². The van der Waals surface area contributed by atoms with Crippen LogP contribution in [-0.2, 0) is 4.74 Å². The van der Waals surface area contributed by atoms with Gasteiger partial charge < -0.3 is 15.0 Å². The summed E-state index contributed by atoms with van der Waals surface area (Å²) in [5.41, 5.74) is 2.77. The first-order chi connectivity index (χ1) is 16.4. The van der Waals surface area contributed by atoms with Crippen LogP contribution in [0.2, 0.25) is 0 Å². The lowest BCUT2D eigenvalue weighted by molar-refractivity contribution is 0.102. The Bertz CT molecular complexity index is 1200. The molecule has 5 rings (SSSR count). The number of aromatic nitrogens is 2. The Morgan fingerprint density at radius 1 is 1.21 bits per heavy atom. The minimum Gasteiger partial charge on any atom is -0.372 e. The van der Waals surface area contributed by atoms with E-state index in [4.69, 9.17) is 4.74 Å². The molecule has 176 valence electrons. The molecule has 1 N–H and O–H groups in total. The molecule has 2 aliphatic heterocycles. The first-order valence-electron chi connectivity index (χ1n) is 11.6. The summed E-state index contributed by atoms with van der Waals surface area (Å²) in [5.74, 6) is -0.0229. The van der Waals surface area contributed by atoms with Gasteiger partial charge in [0, 0.05) is 48.4 Å². The average Bonchev–Trinajstić information content (AvgIpc) is 3.49. The van der Waals surface area contributed by atoms with Gasteiger partial charge in [-0.1, -0.05) is 25.1 Å². The smallest absolute Gasteiger partial charge is 0.257 e. The van der Waals surface area contributed by atoms with E-state index in [1.807, 2.05) is 6.07 Å². The topological polar surface area (TPSA) is 67.4 Å². The average molecular weight is 479 g/mol. The van der Waals surface area contributed by atoms with E-state index in [-0.39, 0.29) is 23.0 Å². The van der Waals surface area contributed by atoms with Gasteiger partial charge in [-0.25, -0.2) is 9.37 Å². The van der Waals surface area contributed by atoms with Crippen LogP contribution in [0.3, 0.4) is 0 Å². The third-order valence-electron chi connectivity index (χ3n) is 6.45. The lowest BCUT2D eigenvalue weighted by Gasteiger charge is -2.24. The molecule has 2 saturated heterocycles. The van der Waals surface area contributed by atoms with Crippen LogP contribution < -0.4 is 10.2 Å². The number of benzene rings is 1. The molecule has 6 nitrogen and oxygen atoms in total. The van der Waals surface area contributed by atoms with Crippen molar-refractivity contribution in [2.45, 2.75) is 37.4 Å². The lowest BCUT2D eigenvalue weighted by Crippen LogP contribution is -2.27. The summed E-state index contributed by atoms with van der Waals surface area (Å²) in [4.78, 5) is 24.5. The number of nitrogens with one attached hydrogen (secondary N) is 1. The fourth-order valence-corrected chi connectivity index (χ4v) is 4.96. The van der Waals surface area contributed by atoms with Gasteiger partial charge in [-0.05, 0) is 43.5 Å². The van der Waals surface area contributed by atoms with E-state index in [0.717, 1.165) is 44.7 Å². The van der Waals surface area contributed by atoms with E-state index in [1.54, 1.807) is 42.7 Å². The molecule has 0 radical (unpaired) electrons. The van der Waals surface area contributed by atoms with E-state index >= 15 is 0 Å². The van der Waals surface area contributed by atoms with E-state index in [1.165, 1.54) is 6.07 Å². The largest absolute Gasteiger partial charge is 0.372 e. The van der Waals surface area contributed by atoms with Crippen LogP contribution in [0.1, 0.15) is 48.3 Å². The van der Waals surface area contributed by atoms with Crippen LogP contribution in [0.15, 0.2) is 54.9 Å². The van der Waals surface area contributed by atoms with Crippen LogP contribution >= 0.6 is 9.24 Å². The quantitative estimate of drug-likeness (QED) is 0.509. The maximum atomic E-state index is 14.8. The van der Waals surface area contributed by atoms with Crippen molar-refractivity contribution in [1.29, 1.82) is 0 Å². The molecule has 4 heterocycles. The molecule has 34 heavy (non-hydrogen) atoms. The molecule has 3 unspecified atom stereocenters. The van der Waals surface area contributed by atoms with Crippen LogP contribution in [0, 0.1) is 5.82 Å². The minimum absolute atomic E-state index is 0.00825. The van der Waals surface area contributed by atoms with Gasteiger partial charge in [-0.15, -0.1) is 9.24 Å². The predicted octanol–water partition coefficient (Wildman–Crippen LogP) is 5.23. The molecular formula is C26H28FN4O2P. The highest BCUT2D eigenvalue weighted by Gasteiger charge is 2.32. The van der Waals surface area contributed by atoms with E-state index in [0.29, 0.717) is 28.2 Å². The Balaban J connectivity index is 1.49. The number of ether oxygens (including phenoxy) is 1. The van der Waals surface area contributed by atoms with Gasteiger partial charge in [0.05, 0.1) is 23.0 Å². The Hall–Kier alpha value is -2.89. The van der Waals surface area contributed by atoms with Crippen molar-refractivity contribution in [1.82, 2.24) is 9.97 Å². The monoisotopic (exact) mass is 478 g/mol. The maximum Gasteiger partial charge on any atom is 0.257 e. The third-order valence-corrected chi connectivity index (χ3v) is 6.92. The summed E-state index contributed by atoms with van der Waals surface area (Å²) in [5, 5.41) is 3.08. The Kier molecular flexibility index (Phi) is 6.32. The number of carbonyl (C=O) groups is 1. The molecule has 0 bridgehead atoms. The van der Waals surface area contributed by atoms with Gasteiger partial charge in [0.2, 0.25) is 0 Å². The molecule has 1 aromatic carbocycles. The minimum atomic E-state index is -0.352. The maximum absolute atomic E-state index is 14.8. The predicted molar refractivity (Wildman–Crippen MR) is 135 cm³/mol. The summed E-state index contributed by atoms with van der Waals surface area (Å²) < 4.78 is 20.5. The number of pyridine rings is 2. The number of amides is 1. The fraction of sp³-hybridized carbons (Fsp3) is 0.346. The van der Waals surface area contributed by atoms with Gasteiger partial charge in [0.1, 0.15) is 5.82 Å². The molecular weight excluding hydrogens is 450 g/mol. The summed E-state index contributed by atoms with van der Waals surface area (Å²) in [6.45, 7) is 4.49. The van der Waals surface area contributed by atoms with Crippen molar-refractivity contribution in [3.8, 4) is 11.1 Å². The second kappa shape index (κ2) is 9.40. The first-order valence-corrected chi connectivity index (χ1v) is 12.2. The number of halogens is 1. The fourth-order valence-electron chi connectivity index (χ4n) is 4.61. The van der Waals surface area contributed by atoms with Gasteiger partial charge in [-0.2, -0.15) is 0 Å². The van der Waals surface area contributed by atoms with Crippen LogP contribution in [0.4, 0.5) is 15.9 Å². The van der Waals surface area contributed by atoms with Crippen molar-refractivity contribution in [2.24, 2.45) is 0 Å². The molecule has 0 aliphatic carbocycles. The third kappa shape index (κ3) is 4.68. The van der Waals surface area contributed by atoms with Crippen LogP contribution in [0.5, 0.6) is 0 Å². The molecule has 3 atom stereocenters. The highest BCUT2D eigenvalue weighted by atomic mass is 31.0. The standard InChI is InChI=1S/C26H28FN4O2P/c1-26(34)11-13-31(16-26)24-23(19(10-12-28-24)18-5-2-3-6-20(18)27)30-25(32)17-8-9-21(29-15-17)22-7-4-14-33-22/h2-3,5-6,8-10,12,15,22H,4,7,11,13-14,16,34H2,1H3,(H,30,32). The Labute approximate surface area is 201 Å². The lowest BCUT2D eigenvalue weighted by atomic mass is 10.0. The summed E-state index contributed by atoms with van der Waals surface area (Å²) in [6.07, 6.45) is 6.16. The number of hydrogen-bond donors (Lipinski definition) is 1. The zero-order valence-electron chi connectivity index (χ0n) is 19.1.